The standard InChI is InChI=1S/C38H47ClN4O12/c1-8-19(5)22(35(51)41-24(37(53)54)17-29(46)47)16-26(44)25-11-10-12-43(25)36(52)33-38(6,9-2)55-28-14-20(13-23(39)32(28)49)31(48)30(40-7)27(45)15-21(18(3)4)34(50)42-33/h10-11,13-14,17,21,25,30-31,33,40,48-49H,3,8-9,12,15-16H2,1-2,4-7H3,(H,41,51)(H,42,50)(H,46,47)(H,53,54)/b22-19+,24-17+/t21?,25-,30+,31-,33+,38+/m0/s1. The number of phenols is 1. The highest BCUT2D eigenvalue weighted by atomic mass is 35.5. The Balaban J connectivity index is 2.11. The molecule has 16 nitrogen and oxygen atoms in total. The summed E-state index contributed by atoms with van der Waals surface area (Å²) in [5, 5.41) is 48.0. The molecule has 0 radical (unpaired) electrons. The van der Waals surface area contributed by atoms with Gasteiger partial charge in [-0.05, 0) is 58.4 Å². The molecule has 2 aliphatic heterocycles. The van der Waals surface area contributed by atoms with Crippen LogP contribution >= 0.6 is 11.6 Å². The number of halogens is 1. The fraction of sp³-hybridized carbons (Fsp3) is 0.447. The maximum Gasteiger partial charge on any atom is 0.352 e. The zero-order valence-electron chi connectivity index (χ0n) is 31.4. The number of carboxylic acid groups (broad SMARTS) is 2. The van der Waals surface area contributed by atoms with E-state index in [1.54, 1.807) is 20.8 Å². The molecule has 1 unspecified atom stereocenters. The van der Waals surface area contributed by atoms with Gasteiger partial charge in [0.1, 0.15) is 29.5 Å². The van der Waals surface area contributed by atoms with Crippen molar-refractivity contribution in [2.75, 3.05) is 13.6 Å². The first kappa shape index (κ1) is 44.1. The molecule has 2 heterocycles. The zero-order valence-corrected chi connectivity index (χ0v) is 32.2. The Hall–Kier alpha value is -5.32. The molecule has 3 amide bonds. The van der Waals surface area contributed by atoms with E-state index in [0.717, 1.165) is 4.90 Å². The summed E-state index contributed by atoms with van der Waals surface area (Å²) in [6, 6.07) is -1.55. The number of likely N-dealkylation sites (N-methyl/N-ethyl adjacent to an activating group) is 1. The number of aliphatic carboxylic acids is 2. The Morgan fingerprint density at radius 2 is 1.80 bits per heavy atom. The van der Waals surface area contributed by atoms with Crippen molar-refractivity contribution >= 4 is 52.8 Å². The second-order valence-electron chi connectivity index (χ2n) is 13.6. The summed E-state index contributed by atoms with van der Waals surface area (Å²) in [5.41, 5.74) is -1.98. The number of rotatable bonds is 12. The molecule has 0 fully saturated rings. The number of Topliss-reactive ketones (excluding diaryl/α,β-unsaturated/α-hetero) is 2. The monoisotopic (exact) mass is 786 g/mol. The third-order valence-electron chi connectivity index (χ3n) is 9.86. The van der Waals surface area contributed by atoms with Crippen LogP contribution in [0.25, 0.3) is 0 Å². The number of aliphatic hydroxyl groups is 1. The van der Waals surface area contributed by atoms with E-state index >= 15 is 0 Å². The number of nitrogens with one attached hydrogen (secondary N) is 3. The first-order valence-corrected chi connectivity index (χ1v) is 17.8. The highest BCUT2D eigenvalue weighted by Crippen LogP contribution is 2.41. The SMILES string of the molecule is C=C(C)C1CC(=O)[C@@H](NC)[C@@H](O)c2cc(Cl)c(O)c(c2)O[C@](C)(CC)[C@@H](C(=O)N2CC=C[C@H]2C(=O)C/C(C(=O)N/C(=C/C(=O)O)C(=O)O)=C(/C)CC)NC1=O. The van der Waals surface area contributed by atoms with Crippen LogP contribution in [-0.2, 0) is 33.6 Å². The van der Waals surface area contributed by atoms with Crippen molar-refractivity contribution in [3.05, 3.63) is 69.9 Å². The molecule has 298 valence electrons. The molecular formula is C38H47ClN4O12. The molecule has 1 aromatic carbocycles. The Bertz CT molecular complexity index is 1870. The van der Waals surface area contributed by atoms with Gasteiger partial charge < -0.3 is 46.0 Å². The van der Waals surface area contributed by atoms with Crippen molar-refractivity contribution in [2.24, 2.45) is 5.92 Å². The largest absolute Gasteiger partial charge is 0.503 e. The second-order valence-corrected chi connectivity index (χ2v) is 14.0. The van der Waals surface area contributed by atoms with Crippen LogP contribution in [0, 0.1) is 5.92 Å². The van der Waals surface area contributed by atoms with Crippen molar-refractivity contribution in [3.63, 3.8) is 0 Å². The van der Waals surface area contributed by atoms with Gasteiger partial charge >= 0.3 is 11.9 Å². The number of carboxylic acids is 2. The summed E-state index contributed by atoms with van der Waals surface area (Å²) >= 11 is 6.35. The van der Waals surface area contributed by atoms with Crippen molar-refractivity contribution < 1.29 is 58.7 Å². The van der Waals surface area contributed by atoms with Crippen LogP contribution < -0.4 is 20.7 Å². The molecule has 7 N–H and O–H groups in total. The third-order valence-corrected chi connectivity index (χ3v) is 10.1. The Morgan fingerprint density at radius 3 is 2.35 bits per heavy atom. The molecular weight excluding hydrogens is 740 g/mol. The predicted octanol–water partition coefficient (Wildman–Crippen LogP) is 2.49. The van der Waals surface area contributed by atoms with Gasteiger partial charge in [-0.1, -0.05) is 55.3 Å². The summed E-state index contributed by atoms with van der Waals surface area (Å²) in [6.07, 6.45) is 1.04. The molecule has 2 aliphatic rings. The number of aromatic hydroxyl groups is 1. The molecule has 2 bridgehead atoms. The summed E-state index contributed by atoms with van der Waals surface area (Å²) in [6.45, 7) is 11.7. The minimum atomic E-state index is -1.72. The van der Waals surface area contributed by atoms with Crippen LogP contribution in [0.4, 0.5) is 0 Å². The Labute approximate surface area is 322 Å². The number of fused-ring (bicyclic) bond motifs is 2. The molecule has 0 saturated carbocycles. The van der Waals surface area contributed by atoms with Gasteiger partial charge in [-0.3, -0.25) is 24.0 Å². The van der Waals surface area contributed by atoms with Gasteiger partial charge in [0.2, 0.25) is 11.8 Å². The molecule has 0 aliphatic carbocycles. The molecule has 3 rings (SSSR count). The summed E-state index contributed by atoms with van der Waals surface area (Å²) in [7, 11) is 1.45. The van der Waals surface area contributed by atoms with Crippen LogP contribution in [0.1, 0.15) is 72.0 Å². The number of amides is 3. The molecule has 1 aromatic rings. The second kappa shape index (κ2) is 18.3. The number of aliphatic hydroxyl groups excluding tert-OH is 1. The minimum absolute atomic E-state index is 0.0156. The Morgan fingerprint density at radius 1 is 1.15 bits per heavy atom. The summed E-state index contributed by atoms with van der Waals surface area (Å²) < 4.78 is 6.32. The first-order valence-electron chi connectivity index (χ1n) is 17.4. The van der Waals surface area contributed by atoms with Crippen molar-refractivity contribution in [2.45, 2.75) is 90.1 Å². The van der Waals surface area contributed by atoms with Crippen LogP contribution in [0.15, 0.2) is 59.4 Å². The van der Waals surface area contributed by atoms with Crippen molar-refractivity contribution in [1.82, 2.24) is 20.9 Å². The number of hydrogen-bond acceptors (Lipinski definition) is 11. The number of hydrogen-bond donors (Lipinski definition) is 7. The number of benzene rings is 1. The van der Waals surface area contributed by atoms with E-state index in [1.807, 2.05) is 5.32 Å². The molecule has 0 spiro atoms. The highest BCUT2D eigenvalue weighted by Gasteiger charge is 2.47. The van der Waals surface area contributed by atoms with E-state index in [2.05, 4.69) is 17.2 Å². The lowest BCUT2D eigenvalue weighted by Gasteiger charge is -2.40. The fourth-order valence-electron chi connectivity index (χ4n) is 6.24. The van der Waals surface area contributed by atoms with Gasteiger partial charge in [-0.2, -0.15) is 0 Å². The van der Waals surface area contributed by atoms with E-state index in [1.165, 1.54) is 45.2 Å². The molecule has 6 atom stereocenters. The number of phenolic OH excluding ortho intramolecular Hbond substituents is 1. The lowest BCUT2D eigenvalue weighted by molar-refractivity contribution is -0.146. The normalized spacial score (nSPS) is 25.0. The minimum Gasteiger partial charge on any atom is -0.503 e. The van der Waals surface area contributed by atoms with Crippen molar-refractivity contribution in [1.29, 1.82) is 0 Å². The summed E-state index contributed by atoms with van der Waals surface area (Å²) in [5.74, 6) is -9.16. The number of allylic oxidation sites excluding steroid dienone is 1. The first-order chi connectivity index (χ1) is 25.7. The van der Waals surface area contributed by atoms with Gasteiger partial charge in [-0.15, -0.1) is 0 Å². The maximum absolute atomic E-state index is 14.7. The van der Waals surface area contributed by atoms with Gasteiger partial charge in [0.05, 0.1) is 23.1 Å². The van der Waals surface area contributed by atoms with E-state index in [-0.39, 0.29) is 46.9 Å². The topological polar surface area (TPSA) is 249 Å². The zero-order chi connectivity index (χ0) is 41.5. The van der Waals surface area contributed by atoms with Crippen molar-refractivity contribution in [3.8, 4) is 11.5 Å². The molecule has 17 heteroatoms. The van der Waals surface area contributed by atoms with E-state index in [4.69, 9.17) is 21.4 Å². The molecule has 0 saturated heterocycles. The number of ether oxygens (including phenoxy) is 1. The molecule has 55 heavy (non-hydrogen) atoms. The Kier molecular flexibility index (Phi) is 14.7. The number of carbonyl (C=O) groups is 7. The molecule has 0 aromatic heterocycles. The average molecular weight is 787 g/mol. The smallest absolute Gasteiger partial charge is 0.352 e. The number of carbonyl (C=O) groups excluding carboxylic acids is 5. The van der Waals surface area contributed by atoms with Gasteiger partial charge in [0.25, 0.3) is 5.91 Å². The fourth-order valence-corrected chi connectivity index (χ4v) is 6.46. The van der Waals surface area contributed by atoms with Crippen LogP contribution in [-0.4, -0.2) is 104 Å². The van der Waals surface area contributed by atoms with Crippen LogP contribution in [0.5, 0.6) is 11.5 Å². The van der Waals surface area contributed by atoms with E-state index < -0.39 is 101 Å². The highest BCUT2D eigenvalue weighted by molar-refractivity contribution is 6.32. The predicted molar refractivity (Wildman–Crippen MR) is 199 cm³/mol. The number of ketones is 2. The van der Waals surface area contributed by atoms with Gasteiger partial charge in [-0.25, -0.2) is 9.59 Å². The lowest BCUT2D eigenvalue weighted by Crippen LogP contribution is -2.63. The maximum atomic E-state index is 14.7. The van der Waals surface area contributed by atoms with Gasteiger partial charge in [0, 0.05) is 25.0 Å². The quantitative estimate of drug-likeness (QED) is 0.119. The van der Waals surface area contributed by atoms with Gasteiger partial charge in [0.15, 0.2) is 23.1 Å². The average Bonchev–Trinajstić information content (AvgIpc) is 3.62. The summed E-state index contributed by atoms with van der Waals surface area (Å²) in [4.78, 5) is 93.4. The van der Waals surface area contributed by atoms with Crippen LogP contribution in [0.3, 0.4) is 0 Å². The van der Waals surface area contributed by atoms with E-state index in [9.17, 15) is 48.9 Å². The van der Waals surface area contributed by atoms with Crippen LogP contribution in [0.2, 0.25) is 5.02 Å². The van der Waals surface area contributed by atoms with E-state index in [0.29, 0.717) is 11.6 Å². The third kappa shape index (κ3) is 10.1. The lowest BCUT2D eigenvalue weighted by atomic mass is 9.87. The number of nitrogens with zero attached hydrogens (tertiary/aromatic N) is 1.